The Bertz CT molecular complexity index is 361. The SMILES string of the molecule is CC(C)CNCCCCN1CCC(c2ccccc2)C1. The molecule has 1 N–H and O–H groups in total. The fourth-order valence-electron chi connectivity index (χ4n) is 3.01. The fourth-order valence-corrected chi connectivity index (χ4v) is 3.01. The van der Waals surface area contributed by atoms with E-state index in [4.69, 9.17) is 0 Å². The van der Waals surface area contributed by atoms with Crippen molar-refractivity contribution in [1.82, 2.24) is 10.2 Å². The molecule has 0 aromatic heterocycles. The van der Waals surface area contributed by atoms with Gasteiger partial charge in [0.05, 0.1) is 0 Å². The molecule has 0 saturated carbocycles. The number of benzene rings is 1. The van der Waals surface area contributed by atoms with Gasteiger partial charge in [-0.2, -0.15) is 0 Å². The van der Waals surface area contributed by atoms with E-state index in [-0.39, 0.29) is 0 Å². The van der Waals surface area contributed by atoms with E-state index in [9.17, 15) is 0 Å². The van der Waals surface area contributed by atoms with Crippen LogP contribution in [0.5, 0.6) is 0 Å². The largest absolute Gasteiger partial charge is 0.316 e. The molecule has 1 atom stereocenters. The first-order valence-corrected chi connectivity index (χ1v) is 8.23. The third kappa shape index (κ3) is 5.26. The van der Waals surface area contributed by atoms with E-state index >= 15 is 0 Å². The van der Waals surface area contributed by atoms with Gasteiger partial charge in [0.2, 0.25) is 0 Å². The third-order valence-corrected chi connectivity index (χ3v) is 4.17. The Balaban J connectivity index is 1.57. The molecule has 0 bridgehead atoms. The van der Waals surface area contributed by atoms with Crippen LogP contribution in [0, 0.1) is 5.92 Å². The van der Waals surface area contributed by atoms with Crippen LogP contribution in [0.3, 0.4) is 0 Å². The van der Waals surface area contributed by atoms with Crippen LogP contribution in [0.1, 0.15) is 44.6 Å². The molecule has 1 fully saturated rings. The lowest BCUT2D eigenvalue weighted by molar-refractivity contribution is 0.324. The fraction of sp³-hybridized carbons (Fsp3) is 0.667. The molecule has 0 aliphatic carbocycles. The van der Waals surface area contributed by atoms with Crippen molar-refractivity contribution >= 4 is 0 Å². The smallest absolute Gasteiger partial charge is 0.00507 e. The summed E-state index contributed by atoms with van der Waals surface area (Å²) in [7, 11) is 0. The summed E-state index contributed by atoms with van der Waals surface area (Å²) in [4.78, 5) is 2.64. The van der Waals surface area contributed by atoms with Crippen molar-refractivity contribution in [2.75, 3.05) is 32.7 Å². The Morgan fingerprint density at radius 1 is 1.20 bits per heavy atom. The first kappa shape index (κ1) is 15.5. The maximum atomic E-state index is 3.53. The molecular weight excluding hydrogens is 244 g/mol. The van der Waals surface area contributed by atoms with Gasteiger partial charge in [-0.05, 0) is 62.8 Å². The van der Waals surface area contributed by atoms with Crippen LogP contribution in [-0.2, 0) is 0 Å². The second-order valence-electron chi connectivity index (χ2n) is 6.50. The summed E-state index contributed by atoms with van der Waals surface area (Å²) >= 11 is 0. The van der Waals surface area contributed by atoms with Gasteiger partial charge in [-0.15, -0.1) is 0 Å². The highest BCUT2D eigenvalue weighted by atomic mass is 15.1. The van der Waals surface area contributed by atoms with Crippen molar-refractivity contribution in [2.45, 2.75) is 39.0 Å². The summed E-state index contributed by atoms with van der Waals surface area (Å²) in [6.45, 7) is 10.7. The lowest BCUT2D eigenvalue weighted by atomic mass is 9.99. The molecule has 1 aromatic rings. The summed E-state index contributed by atoms with van der Waals surface area (Å²) < 4.78 is 0. The molecule has 1 saturated heterocycles. The number of nitrogens with zero attached hydrogens (tertiary/aromatic N) is 1. The van der Waals surface area contributed by atoms with Gasteiger partial charge in [-0.1, -0.05) is 44.2 Å². The summed E-state index contributed by atoms with van der Waals surface area (Å²) in [5.74, 6) is 1.52. The Hall–Kier alpha value is -0.860. The van der Waals surface area contributed by atoms with E-state index in [1.165, 1.54) is 51.0 Å². The Kier molecular flexibility index (Phi) is 6.55. The van der Waals surface area contributed by atoms with Gasteiger partial charge < -0.3 is 10.2 Å². The molecule has 2 rings (SSSR count). The molecule has 1 aliphatic heterocycles. The van der Waals surface area contributed by atoms with Crippen molar-refractivity contribution < 1.29 is 0 Å². The molecule has 2 nitrogen and oxygen atoms in total. The number of nitrogens with one attached hydrogen (secondary N) is 1. The van der Waals surface area contributed by atoms with Crippen LogP contribution < -0.4 is 5.32 Å². The lowest BCUT2D eigenvalue weighted by Crippen LogP contribution is -2.24. The molecule has 2 heteroatoms. The van der Waals surface area contributed by atoms with E-state index in [0.717, 1.165) is 18.4 Å². The third-order valence-electron chi connectivity index (χ3n) is 4.17. The molecule has 1 aromatic carbocycles. The second kappa shape index (κ2) is 8.43. The lowest BCUT2D eigenvalue weighted by Gasteiger charge is -2.16. The van der Waals surface area contributed by atoms with E-state index in [0.29, 0.717) is 0 Å². The van der Waals surface area contributed by atoms with Crippen molar-refractivity contribution in [1.29, 1.82) is 0 Å². The van der Waals surface area contributed by atoms with Crippen molar-refractivity contribution in [3.05, 3.63) is 35.9 Å². The minimum atomic E-state index is 0.760. The summed E-state index contributed by atoms with van der Waals surface area (Å²) in [5, 5.41) is 3.53. The van der Waals surface area contributed by atoms with Gasteiger partial charge in [-0.25, -0.2) is 0 Å². The topological polar surface area (TPSA) is 15.3 Å². The van der Waals surface area contributed by atoms with Crippen LogP contribution in [0.4, 0.5) is 0 Å². The molecule has 0 spiro atoms. The molecule has 112 valence electrons. The molecule has 1 heterocycles. The van der Waals surface area contributed by atoms with Crippen molar-refractivity contribution in [2.24, 2.45) is 5.92 Å². The minimum absolute atomic E-state index is 0.760. The number of hydrogen-bond donors (Lipinski definition) is 1. The summed E-state index contributed by atoms with van der Waals surface area (Å²) in [6.07, 6.45) is 3.96. The maximum Gasteiger partial charge on any atom is 0.00507 e. The first-order valence-electron chi connectivity index (χ1n) is 8.23. The molecule has 0 radical (unpaired) electrons. The highest BCUT2D eigenvalue weighted by Crippen LogP contribution is 2.26. The predicted octanol–water partition coefficient (Wildman–Crippen LogP) is 3.50. The van der Waals surface area contributed by atoms with Crippen LogP contribution in [0.2, 0.25) is 0 Å². The van der Waals surface area contributed by atoms with Crippen LogP contribution in [0.25, 0.3) is 0 Å². The van der Waals surface area contributed by atoms with Crippen LogP contribution in [0.15, 0.2) is 30.3 Å². The molecular formula is C18H30N2. The highest BCUT2D eigenvalue weighted by Gasteiger charge is 2.22. The van der Waals surface area contributed by atoms with Crippen molar-refractivity contribution in [3.63, 3.8) is 0 Å². The number of rotatable bonds is 8. The van der Waals surface area contributed by atoms with Gasteiger partial charge in [0, 0.05) is 6.54 Å². The monoisotopic (exact) mass is 274 g/mol. The first-order chi connectivity index (χ1) is 9.75. The average molecular weight is 274 g/mol. The summed E-state index contributed by atoms with van der Waals surface area (Å²) in [6, 6.07) is 11.0. The van der Waals surface area contributed by atoms with Crippen LogP contribution >= 0.6 is 0 Å². The predicted molar refractivity (Wildman–Crippen MR) is 87.2 cm³/mol. The zero-order valence-corrected chi connectivity index (χ0v) is 13.1. The van der Waals surface area contributed by atoms with E-state index in [1.807, 2.05) is 0 Å². The minimum Gasteiger partial charge on any atom is -0.316 e. The standard InChI is InChI=1S/C18H30N2/c1-16(2)14-19-11-6-7-12-20-13-10-18(15-20)17-8-4-3-5-9-17/h3-5,8-9,16,18-19H,6-7,10-15H2,1-2H3. The Morgan fingerprint density at radius 3 is 2.75 bits per heavy atom. The molecule has 20 heavy (non-hydrogen) atoms. The van der Waals surface area contributed by atoms with Crippen LogP contribution in [-0.4, -0.2) is 37.6 Å². The molecule has 0 amide bonds. The normalized spacial score (nSPS) is 19.9. The van der Waals surface area contributed by atoms with Gasteiger partial charge in [0.1, 0.15) is 0 Å². The zero-order valence-electron chi connectivity index (χ0n) is 13.1. The highest BCUT2D eigenvalue weighted by molar-refractivity contribution is 5.20. The number of hydrogen-bond acceptors (Lipinski definition) is 2. The van der Waals surface area contributed by atoms with E-state index in [1.54, 1.807) is 0 Å². The van der Waals surface area contributed by atoms with E-state index in [2.05, 4.69) is 54.4 Å². The molecule has 1 aliphatic rings. The number of unbranched alkanes of at least 4 members (excludes halogenated alkanes) is 1. The summed E-state index contributed by atoms with van der Waals surface area (Å²) in [5.41, 5.74) is 1.52. The average Bonchev–Trinajstić information content (AvgIpc) is 2.92. The van der Waals surface area contributed by atoms with E-state index < -0.39 is 0 Å². The Labute approximate surface area is 124 Å². The van der Waals surface area contributed by atoms with Gasteiger partial charge in [0.25, 0.3) is 0 Å². The van der Waals surface area contributed by atoms with Crippen molar-refractivity contribution in [3.8, 4) is 0 Å². The van der Waals surface area contributed by atoms with Gasteiger partial charge >= 0.3 is 0 Å². The Morgan fingerprint density at radius 2 is 2.00 bits per heavy atom. The number of likely N-dealkylation sites (tertiary alicyclic amines) is 1. The van der Waals surface area contributed by atoms with Gasteiger partial charge in [0.15, 0.2) is 0 Å². The van der Waals surface area contributed by atoms with Gasteiger partial charge in [-0.3, -0.25) is 0 Å². The maximum absolute atomic E-state index is 3.53. The zero-order chi connectivity index (χ0) is 14.2. The quantitative estimate of drug-likeness (QED) is 0.730. The molecule has 1 unspecified atom stereocenters. The second-order valence-corrected chi connectivity index (χ2v) is 6.50.